The van der Waals surface area contributed by atoms with Crippen molar-refractivity contribution in [3.8, 4) is 0 Å². The lowest BCUT2D eigenvalue weighted by atomic mass is 10.2. The molecule has 2 atom stereocenters. The van der Waals surface area contributed by atoms with Crippen molar-refractivity contribution in [2.75, 3.05) is 13.7 Å². The summed E-state index contributed by atoms with van der Waals surface area (Å²) < 4.78 is 4.95. The lowest BCUT2D eigenvalue weighted by molar-refractivity contribution is 0.0797. The summed E-state index contributed by atoms with van der Waals surface area (Å²) in [6, 6.07) is 0.384. The van der Waals surface area contributed by atoms with Crippen LogP contribution in [0.25, 0.3) is 0 Å². The Kier molecular flexibility index (Phi) is 2.45. The highest BCUT2D eigenvalue weighted by Gasteiger charge is 2.20. The van der Waals surface area contributed by atoms with E-state index in [1.54, 1.807) is 7.11 Å². The normalized spacial score (nSPS) is 30.7. The first-order valence-electron chi connectivity index (χ1n) is 3.36. The predicted molar refractivity (Wildman–Crippen MR) is 36.0 cm³/mol. The van der Waals surface area contributed by atoms with Gasteiger partial charge in [-0.15, -0.1) is 0 Å². The van der Waals surface area contributed by atoms with E-state index in [4.69, 9.17) is 10.5 Å². The van der Waals surface area contributed by atoms with Gasteiger partial charge in [0.05, 0.1) is 0 Å². The highest BCUT2D eigenvalue weighted by atomic mass is 16.5. The Morgan fingerprint density at radius 3 is 3.00 bits per heavy atom. The van der Waals surface area contributed by atoms with Gasteiger partial charge in [-0.05, 0) is 19.4 Å². The molecule has 2 unspecified atom stereocenters. The second-order valence-electron chi connectivity index (χ2n) is 2.40. The van der Waals surface area contributed by atoms with Crippen LogP contribution in [0.2, 0.25) is 0 Å². The van der Waals surface area contributed by atoms with Crippen LogP contribution in [-0.2, 0) is 4.74 Å². The fourth-order valence-electron chi connectivity index (χ4n) is 1.16. The van der Waals surface area contributed by atoms with Crippen LogP contribution in [0.5, 0.6) is 0 Å². The van der Waals surface area contributed by atoms with Gasteiger partial charge < -0.3 is 15.8 Å². The zero-order valence-corrected chi connectivity index (χ0v) is 5.76. The lowest BCUT2D eigenvalue weighted by Crippen LogP contribution is -2.42. The number of nitrogens with one attached hydrogen (secondary N) is 1. The Labute approximate surface area is 55.6 Å². The minimum absolute atomic E-state index is 0.118. The maximum atomic E-state index is 5.59. The molecule has 0 aromatic carbocycles. The van der Waals surface area contributed by atoms with Gasteiger partial charge in [0.2, 0.25) is 0 Å². The van der Waals surface area contributed by atoms with Gasteiger partial charge in [0.1, 0.15) is 6.23 Å². The van der Waals surface area contributed by atoms with Crippen molar-refractivity contribution in [2.45, 2.75) is 25.1 Å². The van der Waals surface area contributed by atoms with Crippen LogP contribution < -0.4 is 11.1 Å². The number of rotatable bonds is 2. The molecular weight excluding hydrogens is 116 g/mol. The Morgan fingerprint density at radius 1 is 1.78 bits per heavy atom. The molecule has 0 amide bonds. The molecule has 0 spiro atoms. The molecule has 1 fully saturated rings. The van der Waals surface area contributed by atoms with Gasteiger partial charge in [0.15, 0.2) is 0 Å². The van der Waals surface area contributed by atoms with Gasteiger partial charge in [0, 0.05) is 13.2 Å². The number of hydrogen-bond acceptors (Lipinski definition) is 3. The van der Waals surface area contributed by atoms with Crippen molar-refractivity contribution in [3.05, 3.63) is 0 Å². The third kappa shape index (κ3) is 1.64. The maximum Gasteiger partial charge on any atom is 0.120 e. The van der Waals surface area contributed by atoms with Gasteiger partial charge in [-0.3, -0.25) is 0 Å². The molecule has 0 radical (unpaired) electrons. The van der Waals surface area contributed by atoms with Crippen molar-refractivity contribution in [3.63, 3.8) is 0 Å². The molecule has 1 heterocycles. The number of nitrogens with two attached hydrogens (primary N) is 1. The Balaban J connectivity index is 2.24. The van der Waals surface area contributed by atoms with Crippen molar-refractivity contribution < 1.29 is 4.74 Å². The van der Waals surface area contributed by atoms with Crippen LogP contribution >= 0.6 is 0 Å². The number of methoxy groups -OCH3 is 1. The summed E-state index contributed by atoms with van der Waals surface area (Å²) >= 11 is 0. The molecule has 3 nitrogen and oxygen atoms in total. The quantitative estimate of drug-likeness (QED) is 0.503. The van der Waals surface area contributed by atoms with Crippen molar-refractivity contribution in [1.82, 2.24) is 5.32 Å². The maximum absolute atomic E-state index is 5.59. The van der Waals surface area contributed by atoms with E-state index in [2.05, 4.69) is 5.32 Å². The molecule has 0 aliphatic carbocycles. The largest absolute Gasteiger partial charge is 0.365 e. The van der Waals surface area contributed by atoms with Crippen LogP contribution in [0, 0.1) is 0 Å². The molecule has 54 valence electrons. The second-order valence-corrected chi connectivity index (χ2v) is 2.40. The molecule has 9 heavy (non-hydrogen) atoms. The Hall–Kier alpha value is -0.120. The van der Waals surface area contributed by atoms with Gasteiger partial charge in [-0.2, -0.15) is 0 Å². The summed E-state index contributed by atoms with van der Waals surface area (Å²) in [5.74, 6) is 0. The third-order valence-electron chi connectivity index (χ3n) is 1.77. The molecule has 1 saturated heterocycles. The first-order chi connectivity index (χ1) is 4.34. The minimum Gasteiger partial charge on any atom is -0.365 e. The topological polar surface area (TPSA) is 47.3 Å². The molecular formula is C6H14N2O. The summed E-state index contributed by atoms with van der Waals surface area (Å²) in [6.07, 6.45) is 2.25. The molecule has 1 aliphatic rings. The molecule has 1 rings (SSSR count). The van der Waals surface area contributed by atoms with E-state index in [0.29, 0.717) is 6.04 Å². The molecule has 3 heteroatoms. The first-order valence-corrected chi connectivity index (χ1v) is 3.36. The van der Waals surface area contributed by atoms with E-state index >= 15 is 0 Å². The van der Waals surface area contributed by atoms with Crippen molar-refractivity contribution >= 4 is 0 Å². The SMILES string of the molecule is COC(N)C1CCCN1. The average molecular weight is 130 g/mol. The third-order valence-corrected chi connectivity index (χ3v) is 1.77. The number of hydrogen-bond donors (Lipinski definition) is 2. The number of ether oxygens (including phenoxy) is 1. The standard InChI is InChI=1S/C6H14N2O/c1-9-6(7)5-3-2-4-8-5/h5-6,8H,2-4,7H2,1H3. The molecule has 0 saturated carbocycles. The minimum atomic E-state index is -0.118. The van der Waals surface area contributed by atoms with Gasteiger partial charge >= 0.3 is 0 Å². The van der Waals surface area contributed by atoms with E-state index in [1.807, 2.05) is 0 Å². The van der Waals surface area contributed by atoms with E-state index in [9.17, 15) is 0 Å². The lowest BCUT2D eigenvalue weighted by Gasteiger charge is -2.16. The predicted octanol–water partition coefficient (Wildman–Crippen LogP) is -0.330. The van der Waals surface area contributed by atoms with Crippen molar-refractivity contribution in [2.24, 2.45) is 5.73 Å². The fraction of sp³-hybridized carbons (Fsp3) is 1.00. The fourth-order valence-corrected chi connectivity index (χ4v) is 1.16. The van der Waals surface area contributed by atoms with E-state index in [1.165, 1.54) is 6.42 Å². The first kappa shape index (κ1) is 6.99. The monoisotopic (exact) mass is 130 g/mol. The average Bonchev–Trinajstić information content (AvgIpc) is 2.37. The van der Waals surface area contributed by atoms with Crippen LogP contribution in [0.4, 0.5) is 0 Å². The summed E-state index contributed by atoms with van der Waals surface area (Å²) in [7, 11) is 1.64. The second kappa shape index (κ2) is 3.15. The van der Waals surface area contributed by atoms with E-state index in [0.717, 1.165) is 13.0 Å². The van der Waals surface area contributed by atoms with Crippen LogP contribution in [0.15, 0.2) is 0 Å². The van der Waals surface area contributed by atoms with E-state index in [-0.39, 0.29) is 6.23 Å². The van der Waals surface area contributed by atoms with Crippen LogP contribution in [0.1, 0.15) is 12.8 Å². The Bertz CT molecular complexity index is 81.1. The molecule has 0 bridgehead atoms. The highest BCUT2D eigenvalue weighted by Crippen LogP contribution is 2.07. The Morgan fingerprint density at radius 2 is 2.56 bits per heavy atom. The zero-order chi connectivity index (χ0) is 6.69. The van der Waals surface area contributed by atoms with Gasteiger partial charge in [-0.1, -0.05) is 0 Å². The van der Waals surface area contributed by atoms with Gasteiger partial charge in [-0.25, -0.2) is 0 Å². The summed E-state index contributed by atoms with van der Waals surface area (Å²) in [5.41, 5.74) is 5.59. The molecule has 0 aromatic heterocycles. The molecule has 1 aliphatic heterocycles. The zero-order valence-electron chi connectivity index (χ0n) is 5.76. The summed E-state index contributed by atoms with van der Waals surface area (Å²) in [4.78, 5) is 0. The summed E-state index contributed by atoms with van der Waals surface area (Å²) in [6.45, 7) is 1.09. The van der Waals surface area contributed by atoms with E-state index < -0.39 is 0 Å². The summed E-state index contributed by atoms with van der Waals surface area (Å²) in [5, 5.41) is 3.26. The highest BCUT2D eigenvalue weighted by molar-refractivity contribution is 4.78. The van der Waals surface area contributed by atoms with Crippen LogP contribution in [-0.4, -0.2) is 25.9 Å². The molecule has 0 aromatic rings. The smallest absolute Gasteiger partial charge is 0.120 e. The molecule has 3 N–H and O–H groups in total. The van der Waals surface area contributed by atoms with Gasteiger partial charge in [0.25, 0.3) is 0 Å². The van der Waals surface area contributed by atoms with Crippen molar-refractivity contribution in [1.29, 1.82) is 0 Å². The van der Waals surface area contributed by atoms with Crippen LogP contribution in [0.3, 0.4) is 0 Å².